The molecule has 0 unspecified atom stereocenters. The Labute approximate surface area is 95.0 Å². The van der Waals surface area contributed by atoms with E-state index in [0.717, 1.165) is 13.1 Å². The smallest absolute Gasteiger partial charge is 0.0280 e. The molecule has 2 heteroatoms. The normalized spacial score (nSPS) is 18.8. The van der Waals surface area contributed by atoms with Gasteiger partial charge in [0.15, 0.2) is 0 Å². The predicted octanol–water partition coefficient (Wildman–Crippen LogP) is 2.82. The van der Waals surface area contributed by atoms with Gasteiger partial charge in [0.05, 0.1) is 0 Å². The van der Waals surface area contributed by atoms with Gasteiger partial charge in [-0.15, -0.1) is 0 Å². The largest absolute Gasteiger partial charge is 0.324 e. The lowest BCUT2D eigenvalue weighted by molar-refractivity contribution is 0.239. The number of hydrogen-bond donors (Lipinski definition) is 2. The molecule has 0 heterocycles. The zero-order valence-corrected chi connectivity index (χ0v) is 10.4. The van der Waals surface area contributed by atoms with Crippen LogP contribution in [0.5, 0.6) is 0 Å². The summed E-state index contributed by atoms with van der Waals surface area (Å²) in [4.78, 5) is 0. The monoisotopic (exact) mass is 212 g/mol. The van der Waals surface area contributed by atoms with Crippen molar-refractivity contribution in [1.82, 2.24) is 5.32 Å². The van der Waals surface area contributed by atoms with Gasteiger partial charge in [0.2, 0.25) is 0 Å². The van der Waals surface area contributed by atoms with Crippen molar-refractivity contribution in [3.05, 3.63) is 0 Å². The zero-order valence-electron chi connectivity index (χ0n) is 10.4. The summed E-state index contributed by atoms with van der Waals surface area (Å²) >= 11 is 0. The maximum Gasteiger partial charge on any atom is 0.0280 e. The van der Waals surface area contributed by atoms with Crippen LogP contribution in [-0.2, 0) is 0 Å². The summed E-state index contributed by atoms with van der Waals surface area (Å²) in [7, 11) is 0. The first-order chi connectivity index (χ1) is 7.27. The Bertz CT molecular complexity index is 153. The Morgan fingerprint density at radius 2 is 1.73 bits per heavy atom. The molecular formula is C13H28N2. The highest BCUT2D eigenvalue weighted by Crippen LogP contribution is 2.27. The number of rotatable bonds is 9. The molecule has 1 aliphatic carbocycles. The molecule has 0 saturated heterocycles. The second kappa shape index (κ2) is 7.24. The molecule has 1 aliphatic rings. The van der Waals surface area contributed by atoms with Crippen LogP contribution in [0.25, 0.3) is 0 Å². The lowest BCUT2D eigenvalue weighted by Gasteiger charge is -2.38. The molecule has 0 aromatic carbocycles. The molecule has 1 saturated carbocycles. The van der Waals surface area contributed by atoms with E-state index in [9.17, 15) is 0 Å². The third-order valence-electron chi connectivity index (χ3n) is 3.53. The van der Waals surface area contributed by atoms with Gasteiger partial charge in [0.25, 0.3) is 0 Å². The Balaban J connectivity index is 1.77. The van der Waals surface area contributed by atoms with Crippen LogP contribution in [0.3, 0.4) is 0 Å². The highest BCUT2D eigenvalue weighted by Gasteiger charge is 2.31. The average Bonchev–Trinajstić information content (AvgIpc) is 2.19. The van der Waals surface area contributed by atoms with Gasteiger partial charge in [-0.25, -0.2) is 0 Å². The number of nitrogens with two attached hydrogens (primary N) is 1. The quantitative estimate of drug-likeness (QED) is 0.577. The van der Waals surface area contributed by atoms with E-state index in [4.69, 9.17) is 5.73 Å². The molecule has 0 aliphatic heterocycles. The molecule has 0 amide bonds. The Kier molecular flexibility index (Phi) is 6.26. The fourth-order valence-corrected chi connectivity index (χ4v) is 2.18. The second-order valence-electron chi connectivity index (χ2n) is 5.16. The summed E-state index contributed by atoms with van der Waals surface area (Å²) in [5, 5.41) is 3.49. The fraction of sp³-hybridized carbons (Fsp3) is 1.00. The minimum atomic E-state index is 0.155. The standard InChI is InChI=1S/C13H28N2/c1-2-3-4-5-6-7-11-15-12-13(14)9-8-10-13/h15H,2-12,14H2,1H3. The van der Waals surface area contributed by atoms with E-state index in [-0.39, 0.29) is 5.54 Å². The SMILES string of the molecule is CCCCCCCCNCC1(N)CCC1. The summed E-state index contributed by atoms with van der Waals surface area (Å²) in [6, 6.07) is 0. The fourth-order valence-electron chi connectivity index (χ4n) is 2.18. The number of unbranched alkanes of at least 4 members (excludes halogenated alkanes) is 5. The Hall–Kier alpha value is -0.0800. The average molecular weight is 212 g/mol. The van der Waals surface area contributed by atoms with Crippen LogP contribution in [0.4, 0.5) is 0 Å². The Morgan fingerprint density at radius 1 is 1.07 bits per heavy atom. The second-order valence-corrected chi connectivity index (χ2v) is 5.16. The van der Waals surface area contributed by atoms with Crippen LogP contribution in [0.2, 0.25) is 0 Å². The summed E-state index contributed by atoms with van der Waals surface area (Å²) < 4.78 is 0. The molecule has 90 valence electrons. The summed E-state index contributed by atoms with van der Waals surface area (Å²) in [6.45, 7) is 4.45. The van der Waals surface area contributed by atoms with Crippen molar-refractivity contribution in [2.24, 2.45) is 5.73 Å². The predicted molar refractivity (Wildman–Crippen MR) is 67.0 cm³/mol. The van der Waals surface area contributed by atoms with E-state index >= 15 is 0 Å². The van der Waals surface area contributed by atoms with Gasteiger partial charge in [-0.1, -0.05) is 39.0 Å². The molecule has 0 aromatic heterocycles. The van der Waals surface area contributed by atoms with Crippen molar-refractivity contribution in [2.45, 2.75) is 70.3 Å². The maximum absolute atomic E-state index is 6.12. The van der Waals surface area contributed by atoms with Gasteiger partial charge in [-0.3, -0.25) is 0 Å². The topological polar surface area (TPSA) is 38.0 Å². The molecule has 3 N–H and O–H groups in total. The first-order valence-electron chi connectivity index (χ1n) is 6.76. The van der Waals surface area contributed by atoms with Crippen LogP contribution in [0, 0.1) is 0 Å². The third kappa shape index (κ3) is 5.53. The van der Waals surface area contributed by atoms with Crippen LogP contribution < -0.4 is 11.1 Å². The highest BCUT2D eigenvalue weighted by atomic mass is 14.9. The molecule has 0 aromatic rings. The molecule has 0 atom stereocenters. The van der Waals surface area contributed by atoms with Crippen molar-refractivity contribution in [1.29, 1.82) is 0 Å². The van der Waals surface area contributed by atoms with Crippen LogP contribution in [0.1, 0.15) is 64.7 Å². The van der Waals surface area contributed by atoms with E-state index in [1.165, 1.54) is 57.8 Å². The van der Waals surface area contributed by atoms with Gasteiger partial charge in [-0.05, 0) is 32.2 Å². The molecule has 1 rings (SSSR count). The van der Waals surface area contributed by atoms with E-state index in [2.05, 4.69) is 12.2 Å². The zero-order chi connectivity index (χ0) is 11.0. The molecule has 0 radical (unpaired) electrons. The van der Waals surface area contributed by atoms with Crippen LogP contribution >= 0.6 is 0 Å². The molecular weight excluding hydrogens is 184 g/mol. The van der Waals surface area contributed by atoms with Gasteiger partial charge in [0.1, 0.15) is 0 Å². The lowest BCUT2D eigenvalue weighted by Crippen LogP contribution is -2.54. The molecule has 15 heavy (non-hydrogen) atoms. The van der Waals surface area contributed by atoms with E-state index in [1.54, 1.807) is 0 Å². The lowest BCUT2D eigenvalue weighted by atomic mass is 9.78. The van der Waals surface area contributed by atoms with Crippen molar-refractivity contribution >= 4 is 0 Å². The van der Waals surface area contributed by atoms with Crippen molar-refractivity contribution in [3.63, 3.8) is 0 Å². The summed E-state index contributed by atoms with van der Waals surface area (Å²) in [6.07, 6.45) is 12.0. The summed E-state index contributed by atoms with van der Waals surface area (Å²) in [5.41, 5.74) is 6.28. The number of hydrogen-bond acceptors (Lipinski definition) is 2. The van der Waals surface area contributed by atoms with Crippen molar-refractivity contribution < 1.29 is 0 Å². The third-order valence-corrected chi connectivity index (χ3v) is 3.53. The van der Waals surface area contributed by atoms with Crippen LogP contribution in [-0.4, -0.2) is 18.6 Å². The van der Waals surface area contributed by atoms with E-state index in [0.29, 0.717) is 0 Å². The molecule has 1 fully saturated rings. The van der Waals surface area contributed by atoms with Crippen LogP contribution in [0.15, 0.2) is 0 Å². The van der Waals surface area contributed by atoms with Gasteiger partial charge >= 0.3 is 0 Å². The van der Waals surface area contributed by atoms with Gasteiger partial charge in [0, 0.05) is 12.1 Å². The first-order valence-corrected chi connectivity index (χ1v) is 6.76. The minimum Gasteiger partial charge on any atom is -0.324 e. The van der Waals surface area contributed by atoms with E-state index < -0.39 is 0 Å². The van der Waals surface area contributed by atoms with E-state index in [1.807, 2.05) is 0 Å². The number of nitrogens with one attached hydrogen (secondary N) is 1. The minimum absolute atomic E-state index is 0.155. The van der Waals surface area contributed by atoms with Gasteiger partial charge < -0.3 is 11.1 Å². The van der Waals surface area contributed by atoms with Gasteiger partial charge in [-0.2, -0.15) is 0 Å². The van der Waals surface area contributed by atoms with Crippen molar-refractivity contribution in [3.8, 4) is 0 Å². The highest BCUT2D eigenvalue weighted by molar-refractivity contribution is 4.94. The van der Waals surface area contributed by atoms with Crippen molar-refractivity contribution in [2.75, 3.05) is 13.1 Å². The Morgan fingerprint density at radius 3 is 2.33 bits per heavy atom. The molecule has 0 bridgehead atoms. The summed E-state index contributed by atoms with van der Waals surface area (Å²) in [5.74, 6) is 0. The first kappa shape index (κ1) is 13.0. The molecule has 2 nitrogen and oxygen atoms in total. The molecule has 0 spiro atoms. The maximum atomic E-state index is 6.12.